The van der Waals surface area contributed by atoms with Crippen LogP contribution in [0.2, 0.25) is 0 Å². The van der Waals surface area contributed by atoms with Crippen molar-refractivity contribution in [3.8, 4) is 6.07 Å². The summed E-state index contributed by atoms with van der Waals surface area (Å²) >= 11 is 4.13. The number of hydrogen-bond acceptors (Lipinski definition) is 6. The van der Waals surface area contributed by atoms with Crippen LogP contribution in [0.1, 0.15) is 32.8 Å². The van der Waals surface area contributed by atoms with Crippen molar-refractivity contribution in [3.63, 3.8) is 0 Å². The number of amides is 1. The fourth-order valence-corrected chi connectivity index (χ4v) is 2.48. The Morgan fingerprint density at radius 2 is 2.16 bits per heavy atom. The van der Waals surface area contributed by atoms with Gasteiger partial charge in [0.05, 0.1) is 22.0 Å². The molecule has 1 atom stereocenters. The van der Waals surface area contributed by atoms with Crippen LogP contribution in [-0.2, 0) is 4.79 Å². The molecule has 1 amide bonds. The Morgan fingerprint density at radius 1 is 1.52 bits per heavy atom. The topological polar surface area (TPSA) is 115 Å². The second-order valence-electron chi connectivity index (χ2n) is 6.03. The lowest BCUT2D eigenvalue weighted by atomic mass is 10.0. The van der Waals surface area contributed by atoms with Crippen LogP contribution < -0.4 is 16.4 Å². The molecule has 0 spiro atoms. The molecule has 0 radical (unpaired) electrons. The summed E-state index contributed by atoms with van der Waals surface area (Å²) in [5.74, 6) is -1.12. The van der Waals surface area contributed by atoms with Crippen LogP contribution in [0.15, 0.2) is 23.2 Å². The van der Waals surface area contributed by atoms with E-state index in [2.05, 4.69) is 23.3 Å². The van der Waals surface area contributed by atoms with Crippen LogP contribution in [0.3, 0.4) is 0 Å². The maximum Gasteiger partial charge on any atom is 0.239 e. The quantitative estimate of drug-likeness (QED) is 0.360. The molecule has 0 aliphatic heterocycles. The summed E-state index contributed by atoms with van der Waals surface area (Å²) in [4.78, 5) is 11.6. The van der Waals surface area contributed by atoms with Gasteiger partial charge in [0.2, 0.25) is 5.91 Å². The van der Waals surface area contributed by atoms with Crippen molar-refractivity contribution in [2.24, 2.45) is 11.7 Å². The van der Waals surface area contributed by atoms with Crippen molar-refractivity contribution < 1.29 is 9.18 Å². The molecular formula is C17H22FN5OS. The molecule has 0 aliphatic carbocycles. The number of carbonyl (C=O) groups excluding carboxylic acids is 1. The summed E-state index contributed by atoms with van der Waals surface area (Å²) in [6.07, 6.45) is 1.83. The molecule has 25 heavy (non-hydrogen) atoms. The van der Waals surface area contributed by atoms with Gasteiger partial charge in [-0.15, -0.1) is 12.6 Å². The Labute approximate surface area is 152 Å². The van der Waals surface area contributed by atoms with E-state index < -0.39 is 17.8 Å². The summed E-state index contributed by atoms with van der Waals surface area (Å²) in [5.41, 5.74) is 5.64. The van der Waals surface area contributed by atoms with E-state index in [1.807, 2.05) is 19.9 Å². The van der Waals surface area contributed by atoms with Gasteiger partial charge in [-0.3, -0.25) is 4.79 Å². The highest BCUT2D eigenvalue weighted by molar-refractivity contribution is 7.84. The highest BCUT2D eigenvalue weighted by Crippen LogP contribution is 2.29. The number of halogens is 1. The van der Waals surface area contributed by atoms with E-state index in [9.17, 15) is 14.4 Å². The second-order valence-corrected chi connectivity index (χ2v) is 6.51. The number of carbonyl (C=O) groups is 1. The SMILES string of the molecule is CC(=N)/C=C(\S)Nc1c(C#N)ccc(NC(CC(C)C)C(N)=O)c1F. The third-order valence-corrected chi connectivity index (χ3v) is 3.49. The fourth-order valence-electron chi connectivity index (χ4n) is 2.18. The van der Waals surface area contributed by atoms with Crippen molar-refractivity contribution in [1.29, 1.82) is 10.7 Å². The molecule has 6 nitrogen and oxygen atoms in total. The molecule has 0 aromatic heterocycles. The molecule has 1 aromatic rings. The summed E-state index contributed by atoms with van der Waals surface area (Å²) in [5, 5.41) is 22.3. The molecule has 0 aliphatic rings. The number of nitrogens with one attached hydrogen (secondary N) is 3. The number of nitriles is 1. The third kappa shape index (κ3) is 6.12. The summed E-state index contributed by atoms with van der Waals surface area (Å²) in [6.45, 7) is 5.40. The minimum Gasteiger partial charge on any atom is -0.371 e. The van der Waals surface area contributed by atoms with Crippen molar-refractivity contribution in [3.05, 3.63) is 34.6 Å². The maximum atomic E-state index is 14.8. The van der Waals surface area contributed by atoms with Gasteiger partial charge >= 0.3 is 0 Å². The largest absolute Gasteiger partial charge is 0.371 e. The van der Waals surface area contributed by atoms with Crippen LogP contribution in [0, 0.1) is 28.5 Å². The smallest absolute Gasteiger partial charge is 0.239 e. The Kier molecular flexibility index (Phi) is 7.45. The van der Waals surface area contributed by atoms with Crippen LogP contribution >= 0.6 is 12.6 Å². The fraction of sp³-hybridized carbons (Fsp3) is 0.353. The van der Waals surface area contributed by atoms with E-state index >= 15 is 0 Å². The van der Waals surface area contributed by atoms with E-state index in [0.717, 1.165) is 0 Å². The molecule has 8 heteroatoms. The molecule has 0 saturated carbocycles. The maximum absolute atomic E-state index is 14.8. The first kappa shape index (κ1) is 20.5. The van der Waals surface area contributed by atoms with Gasteiger partial charge in [-0.25, -0.2) is 4.39 Å². The number of rotatable bonds is 8. The summed E-state index contributed by atoms with van der Waals surface area (Å²) in [7, 11) is 0. The number of thiol groups is 1. The lowest BCUT2D eigenvalue weighted by Crippen LogP contribution is -2.36. The zero-order valence-corrected chi connectivity index (χ0v) is 15.2. The third-order valence-electron chi connectivity index (χ3n) is 3.25. The zero-order valence-electron chi connectivity index (χ0n) is 14.4. The predicted octanol–water partition coefficient (Wildman–Crippen LogP) is 3.23. The standard InChI is InChI=1S/C17H22FN5OS/c1-9(2)6-13(17(21)24)22-12-5-4-11(8-19)16(15(12)18)23-14(25)7-10(3)20/h4-5,7,9,13,20,22-23,25H,6H2,1-3H3,(H2,21,24)/b14-7-,20-10?. The van der Waals surface area contributed by atoms with Crippen molar-refractivity contribution in [2.75, 3.05) is 10.6 Å². The van der Waals surface area contributed by atoms with E-state index in [1.165, 1.54) is 18.2 Å². The molecule has 1 aromatic carbocycles. The highest BCUT2D eigenvalue weighted by atomic mass is 32.1. The van der Waals surface area contributed by atoms with Crippen LogP contribution in [0.4, 0.5) is 15.8 Å². The minimum absolute atomic E-state index is 0.0543. The van der Waals surface area contributed by atoms with Gasteiger partial charge < -0.3 is 21.8 Å². The number of benzene rings is 1. The molecular weight excluding hydrogens is 341 g/mol. The first-order chi connectivity index (χ1) is 11.6. The Morgan fingerprint density at radius 3 is 2.64 bits per heavy atom. The van der Waals surface area contributed by atoms with E-state index in [1.54, 1.807) is 6.92 Å². The normalized spacial score (nSPS) is 12.4. The van der Waals surface area contributed by atoms with Crippen molar-refractivity contribution >= 4 is 35.6 Å². The average Bonchev–Trinajstić information content (AvgIpc) is 2.49. The molecule has 0 fully saturated rings. The Balaban J connectivity index is 3.23. The summed E-state index contributed by atoms with van der Waals surface area (Å²) < 4.78 is 14.8. The number of nitrogens with zero attached hydrogens (tertiary/aromatic N) is 1. The molecule has 0 heterocycles. The van der Waals surface area contributed by atoms with Crippen LogP contribution in [-0.4, -0.2) is 17.7 Å². The zero-order chi connectivity index (χ0) is 19.1. The Bertz CT molecular complexity index is 739. The molecule has 0 saturated heterocycles. The summed E-state index contributed by atoms with van der Waals surface area (Å²) in [6, 6.07) is 3.98. The molecule has 1 unspecified atom stereocenters. The monoisotopic (exact) mass is 363 g/mol. The van der Waals surface area contributed by atoms with Gasteiger partial charge in [0.15, 0.2) is 5.82 Å². The molecule has 1 rings (SSSR count). The van der Waals surface area contributed by atoms with Gasteiger partial charge in [-0.2, -0.15) is 5.26 Å². The number of allylic oxidation sites excluding steroid dienone is 1. The van der Waals surface area contributed by atoms with Crippen molar-refractivity contribution in [2.45, 2.75) is 33.2 Å². The molecule has 134 valence electrons. The van der Waals surface area contributed by atoms with E-state index in [-0.39, 0.29) is 33.6 Å². The number of nitrogens with two attached hydrogens (primary N) is 1. The van der Waals surface area contributed by atoms with Crippen LogP contribution in [0.5, 0.6) is 0 Å². The number of primary amides is 1. The van der Waals surface area contributed by atoms with Crippen LogP contribution in [0.25, 0.3) is 0 Å². The van der Waals surface area contributed by atoms with Gasteiger partial charge in [0.25, 0.3) is 0 Å². The number of anilines is 2. The van der Waals surface area contributed by atoms with Gasteiger partial charge in [0.1, 0.15) is 12.1 Å². The second kappa shape index (κ2) is 9.08. The average molecular weight is 363 g/mol. The lowest BCUT2D eigenvalue weighted by molar-refractivity contribution is -0.119. The van der Waals surface area contributed by atoms with Gasteiger partial charge in [-0.1, -0.05) is 13.8 Å². The molecule has 5 N–H and O–H groups in total. The van der Waals surface area contributed by atoms with E-state index in [0.29, 0.717) is 6.42 Å². The van der Waals surface area contributed by atoms with Crippen molar-refractivity contribution in [1.82, 2.24) is 0 Å². The highest BCUT2D eigenvalue weighted by Gasteiger charge is 2.21. The first-order valence-electron chi connectivity index (χ1n) is 7.67. The lowest BCUT2D eigenvalue weighted by Gasteiger charge is -2.20. The number of hydrogen-bond donors (Lipinski definition) is 5. The van der Waals surface area contributed by atoms with E-state index in [4.69, 9.17) is 11.1 Å². The minimum atomic E-state index is -0.731. The van der Waals surface area contributed by atoms with Gasteiger partial charge in [-0.05, 0) is 37.5 Å². The first-order valence-corrected chi connectivity index (χ1v) is 8.11. The Hall–Kier alpha value is -2.53. The predicted molar refractivity (Wildman–Crippen MR) is 101 cm³/mol. The van der Waals surface area contributed by atoms with Gasteiger partial charge in [0, 0.05) is 5.71 Å². The molecule has 0 bridgehead atoms.